The van der Waals surface area contributed by atoms with Crippen LogP contribution in [0.1, 0.15) is 18.2 Å². The van der Waals surface area contributed by atoms with Crippen LogP contribution in [0.25, 0.3) is 10.9 Å². The van der Waals surface area contributed by atoms with Crippen LogP contribution in [0.5, 0.6) is 5.75 Å². The highest BCUT2D eigenvalue weighted by Gasteiger charge is 2.05. The SMILES string of the molecule is CCOc1ccccc1CNC(=NC)NCc1cc2ccccc2[nH]1.I. The van der Waals surface area contributed by atoms with Gasteiger partial charge in [0.05, 0.1) is 13.2 Å². The van der Waals surface area contributed by atoms with Crippen molar-refractivity contribution < 1.29 is 4.74 Å². The van der Waals surface area contributed by atoms with Crippen LogP contribution in [-0.4, -0.2) is 24.6 Å². The van der Waals surface area contributed by atoms with Crippen LogP contribution in [0.15, 0.2) is 59.6 Å². The Hall–Kier alpha value is -2.22. The van der Waals surface area contributed by atoms with E-state index in [-0.39, 0.29) is 24.0 Å². The smallest absolute Gasteiger partial charge is 0.191 e. The fourth-order valence-corrected chi connectivity index (χ4v) is 2.75. The Morgan fingerprint density at radius 3 is 2.54 bits per heavy atom. The number of hydrogen-bond acceptors (Lipinski definition) is 2. The summed E-state index contributed by atoms with van der Waals surface area (Å²) in [6.07, 6.45) is 0. The number of para-hydroxylation sites is 2. The summed E-state index contributed by atoms with van der Waals surface area (Å²) in [6.45, 7) is 3.99. The topological polar surface area (TPSA) is 61.4 Å². The third-order valence-electron chi connectivity index (χ3n) is 3.97. The summed E-state index contributed by atoms with van der Waals surface area (Å²) in [7, 11) is 1.77. The molecule has 26 heavy (non-hydrogen) atoms. The van der Waals surface area contributed by atoms with Crippen molar-refractivity contribution in [1.82, 2.24) is 15.6 Å². The molecule has 2 aromatic carbocycles. The quantitative estimate of drug-likeness (QED) is 0.293. The highest BCUT2D eigenvalue weighted by Crippen LogP contribution is 2.17. The largest absolute Gasteiger partial charge is 0.494 e. The minimum absolute atomic E-state index is 0. The predicted molar refractivity (Wildman–Crippen MR) is 118 cm³/mol. The van der Waals surface area contributed by atoms with E-state index >= 15 is 0 Å². The molecule has 0 aliphatic heterocycles. The van der Waals surface area contributed by atoms with E-state index in [1.54, 1.807) is 7.05 Å². The number of guanidine groups is 1. The standard InChI is InChI=1S/C20H24N4O.HI/c1-3-25-19-11-7-5-9-16(19)13-22-20(21-2)23-14-17-12-15-8-4-6-10-18(15)24-17;/h4-12,24H,3,13-14H2,1-2H3,(H2,21,22,23);1H. The molecule has 0 fully saturated rings. The van der Waals surface area contributed by atoms with Crippen molar-refractivity contribution in [2.45, 2.75) is 20.0 Å². The lowest BCUT2D eigenvalue weighted by Crippen LogP contribution is -2.36. The second-order valence-electron chi connectivity index (χ2n) is 5.70. The first-order chi connectivity index (χ1) is 12.3. The Balaban J connectivity index is 0.00000243. The van der Waals surface area contributed by atoms with Gasteiger partial charge in [0.2, 0.25) is 0 Å². The molecule has 0 radical (unpaired) electrons. The van der Waals surface area contributed by atoms with Crippen LogP contribution in [-0.2, 0) is 13.1 Å². The number of rotatable bonds is 6. The van der Waals surface area contributed by atoms with Crippen LogP contribution >= 0.6 is 24.0 Å². The maximum absolute atomic E-state index is 5.66. The molecule has 0 aliphatic rings. The minimum Gasteiger partial charge on any atom is -0.494 e. The zero-order valence-electron chi connectivity index (χ0n) is 15.1. The molecule has 3 aromatic rings. The van der Waals surface area contributed by atoms with E-state index in [1.807, 2.05) is 37.3 Å². The van der Waals surface area contributed by atoms with Crippen molar-refractivity contribution in [2.24, 2.45) is 4.99 Å². The average Bonchev–Trinajstić information content (AvgIpc) is 3.06. The Morgan fingerprint density at radius 2 is 1.77 bits per heavy atom. The Morgan fingerprint density at radius 1 is 1.04 bits per heavy atom. The van der Waals surface area contributed by atoms with Crippen LogP contribution in [0.3, 0.4) is 0 Å². The Bertz CT molecular complexity index is 827. The lowest BCUT2D eigenvalue weighted by Gasteiger charge is -2.14. The van der Waals surface area contributed by atoms with Gasteiger partial charge in [0.15, 0.2) is 5.96 Å². The molecule has 0 aliphatic carbocycles. The number of aromatic nitrogens is 1. The van der Waals surface area contributed by atoms with Gasteiger partial charge >= 0.3 is 0 Å². The van der Waals surface area contributed by atoms with Gasteiger partial charge in [-0.25, -0.2) is 0 Å². The van der Waals surface area contributed by atoms with Gasteiger partial charge in [0, 0.05) is 30.4 Å². The fraction of sp³-hybridized carbons (Fsp3) is 0.250. The number of hydrogen-bond donors (Lipinski definition) is 3. The summed E-state index contributed by atoms with van der Waals surface area (Å²) in [4.78, 5) is 7.70. The fourth-order valence-electron chi connectivity index (χ4n) is 2.75. The van der Waals surface area contributed by atoms with Gasteiger partial charge in [0.1, 0.15) is 5.75 Å². The molecule has 0 saturated carbocycles. The van der Waals surface area contributed by atoms with E-state index in [0.717, 1.165) is 28.5 Å². The highest BCUT2D eigenvalue weighted by molar-refractivity contribution is 14.0. The van der Waals surface area contributed by atoms with E-state index in [2.05, 4.69) is 44.9 Å². The highest BCUT2D eigenvalue weighted by atomic mass is 127. The number of benzene rings is 2. The van der Waals surface area contributed by atoms with Crippen LogP contribution in [0.4, 0.5) is 0 Å². The molecule has 3 N–H and O–H groups in total. The van der Waals surface area contributed by atoms with Gasteiger partial charge in [-0.1, -0.05) is 36.4 Å². The lowest BCUT2D eigenvalue weighted by atomic mass is 10.2. The molecule has 1 heterocycles. The van der Waals surface area contributed by atoms with Gasteiger partial charge in [-0.15, -0.1) is 24.0 Å². The number of fused-ring (bicyclic) bond motifs is 1. The maximum Gasteiger partial charge on any atom is 0.191 e. The molecule has 0 bridgehead atoms. The van der Waals surface area contributed by atoms with Gasteiger partial charge in [-0.3, -0.25) is 4.99 Å². The first kappa shape index (κ1) is 20.1. The second-order valence-corrected chi connectivity index (χ2v) is 5.70. The van der Waals surface area contributed by atoms with Gasteiger partial charge in [0.25, 0.3) is 0 Å². The van der Waals surface area contributed by atoms with Crippen molar-refractivity contribution in [3.63, 3.8) is 0 Å². The second kappa shape index (κ2) is 10.1. The van der Waals surface area contributed by atoms with Crippen LogP contribution in [0, 0.1) is 0 Å². The number of nitrogens with one attached hydrogen (secondary N) is 3. The predicted octanol–water partition coefficient (Wildman–Crippen LogP) is 4.05. The summed E-state index contributed by atoms with van der Waals surface area (Å²) in [5.41, 5.74) is 3.38. The summed E-state index contributed by atoms with van der Waals surface area (Å²) >= 11 is 0. The number of aromatic amines is 1. The van der Waals surface area contributed by atoms with Crippen molar-refractivity contribution in [2.75, 3.05) is 13.7 Å². The molecule has 0 amide bonds. The molecular weight excluding hydrogens is 439 g/mol. The molecule has 0 spiro atoms. The molecule has 6 heteroatoms. The van der Waals surface area contributed by atoms with Crippen molar-refractivity contribution in [3.05, 3.63) is 65.9 Å². The van der Waals surface area contributed by atoms with Crippen LogP contribution < -0.4 is 15.4 Å². The molecule has 0 saturated heterocycles. The van der Waals surface area contributed by atoms with Crippen molar-refractivity contribution >= 4 is 40.8 Å². The van der Waals surface area contributed by atoms with Gasteiger partial charge in [-0.2, -0.15) is 0 Å². The van der Waals surface area contributed by atoms with Crippen LogP contribution in [0.2, 0.25) is 0 Å². The minimum atomic E-state index is 0. The first-order valence-electron chi connectivity index (χ1n) is 8.52. The monoisotopic (exact) mass is 464 g/mol. The molecule has 1 aromatic heterocycles. The first-order valence-corrected chi connectivity index (χ1v) is 8.52. The lowest BCUT2D eigenvalue weighted by molar-refractivity contribution is 0.336. The van der Waals surface area contributed by atoms with Gasteiger partial charge in [-0.05, 0) is 30.5 Å². The Labute approximate surface area is 171 Å². The third kappa shape index (κ3) is 5.14. The van der Waals surface area contributed by atoms with Crippen molar-refractivity contribution in [1.29, 1.82) is 0 Å². The van der Waals surface area contributed by atoms with E-state index in [0.29, 0.717) is 19.7 Å². The molecule has 138 valence electrons. The molecule has 0 unspecified atom stereocenters. The number of H-pyrrole nitrogens is 1. The molecule has 0 atom stereocenters. The number of ether oxygens (including phenoxy) is 1. The van der Waals surface area contributed by atoms with E-state index < -0.39 is 0 Å². The summed E-state index contributed by atoms with van der Waals surface area (Å²) in [6, 6.07) is 18.5. The van der Waals surface area contributed by atoms with E-state index in [1.165, 1.54) is 5.39 Å². The summed E-state index contributed by atoms with van der Waals surface area (Å²) in [5, 5.41) is 7.88. The molecule has 3 rings (SSSR count). The number of nitrogens with zero attached hydrogens (tertiary/aromatic N) is 1. The van der Waals surface area contributed by atoms with E-state index in [4.69, 9.17) is 4.74 Å². The van der Waals surface area contributed by atoms with Crippen molar-refractivity contribution in [3.8, 4) is 5.75 Å². The molecule has 5 nitrogen and oxygen atoms in total. The third-order valence-corrected chi connectivity index (χ3v) is 3.97. The normalized spacial score (nSPS) is 11.1. The number of halogens is 1. The zero-order valence-corrected chi connectivity index (χ0v) is 17.4. The maximum atomic E-state index is 5.66. The van der Waals surface area contributed by atoms with E-state index in [9.17, 15) is 0 Å². The average molecular weight is 464 g/mol. The Kier molecular flexibility index (Phi) is 7.77. The summed E-state index contributed by atoms with van der Waals surface area (Å²) < 4.78 is 5.66. The number of aliphatic imine (C=N–C) groups is 1. The van der Waals surface area contributed by atoms with Gasteiger partial charge < -0.3 is 20.4 Å². The molecular formula is C20H25IN4O. The zero-order chi connectivity index (χ0) is 17.5. The summed E-state index contributed by atoms with van der Waals surface area (Å²) in [5.74, 6) is 1.66.